The lowest BCUT2D eigenvalue weighted by atomic mass is 9.94. The summed E-state index contributed by atoms with van der Waals surface area (Å²) in [6, 6.07) is 0.544. The van der Waals surface area contributed by atoms with Crippen LogP contribution < -0.4 is 10.6 Å². The number of rotatable bonds is 10. The van der Waals surface area contributed by atoms with Crippen molar-refractivity contribution in [2.45, 2.75) is 77.5 Å². The van der Waals surface area contributed by atoms with E-state index in [2.05, 4.69) is 50.1 Å². The maximum absolute atomic E-state index is 9.28. The summed E-state index contributed by atoms with van der Waals surface area (Å²) in [5.74, 6) is 3.29. The Bertz CT molecular complexity index is 348. The Morgan fingerprint density at radius 3 is 2.71 bits per heavy atom. The first-order valence-corrected chi connectivity index (χ1v) is 10.9. The van der Waals surface area contributed by atoms with E-state index in [9.17, 15) is 5.11 Å². The molecule has 0 amide bonds. The van der Waals surface area contributed by atoms with Crippen molar-refractivity contribution in [3.05, 3.63) is 0 Å². The van der Waals surface area contributed by atoms with Crippen LogP contribution in [0.2, 0.25) is 0 Å². The monoisotopic (exact) mass is 357 g/mol. The average molecular weight is 358 g/mol. The van der Waals surface area contributed by atoms with E-state index in [1.807, 2.05) is 0 Å². The number of aliphatic imine (C=N–C) groups is 1. The molecule has 1 saturated carbocycles. The van der Waals surface area contributed by atoms with Crippen molar-refractivity contribution in [1.82, 2.24) is 10.6 Å². The van der Waals surface area contributed by atoms with E-state index in [4.69, 9.17) is 4.99 Å². The van der Waals surface area contributed by atoms with Crippen molar-refractivity contribution in [3.8, 4) is 0 Å². The predicted octanol–water partition coefficient (Wildman–Crippen LogP) is 3.65. The molecule has 142 valence electrons. The molecule has 1 fully saturated rings. The molecule has 3 N–H and O–H groups in total. The number of nitrogens with one attached hydrogen (secondary N) is 2. The predicted molar refractivity (Wildman–Crippen MR) is 108 cm³/mol. The highest BCUT2D eigenvalue weighted by atomic mass is 32.2. The normalized spacial score (nSPS) is 23.3. The molecule has 1 rings (SSSR count). The molecular formula is C19H39N3OS. The summed E-state index contributed by atoms with van der Waals surface area (Å²) in [5.41, 5.74) is 0. The number of thioether (sulfide) groups is 1. The molecule has 0 aromatic carbocycles. The number of hydrogen-bond donors (Lipinski definition) is 3. The summed E-state index contributed by atoms with van der Waals surface area (Å²) in [5, 5.41) is 17.1. The Hall–Kier alpha value is -0.420. The zero-order chi connectivity index (χ0) is 17.8. The summed E-state index contributed by atoms with van der Waals surface area (Å²) < 4.78 is 0. The fourth-order valence-corrected chi connectivity index (χ4v) is 4.70. The lowest BCUT2D eigenvalue weighted by Crippen LogP contribution is -2.46. The number of guanidine groups is 1. The van der Waals surface area contributed by atoms with Crippen molar-refractivity contribution in [2.24, 2.45) is 16.8 Å². The second-order valence-electron chi connectivity index (χ2n) is 7.31. The Labute approximate surface area is 153 Å². The maximum atomic E-state index is 9.28. The van der Waals surface area contributed by atoms with Crippen LogP contribution in [-0.2, 0) is 0 Å². The SMILES string of the molecule is CCNC(=NCC(CCO)CC(C)C)NC1CCCC(SCC)C1. The zero-order valence-electron chi connectivity index (χ0n) is 16.2. The van der Waals surface area contributed by atoms with Crippen LogP contribution in [-0.4, -0.2) is 47.8 Å². The molecule has 1 aliphatic rings. The summed E-state index contributed by atoms with van der Waals surface area (Å²) in [7, 11) is 0. The molecule has 0 saturated heterocycles. The Morgan fingerprint density at radius 2 is 2.08 bits per heavy atom. The molecule has 0 bridgehead atoms. The minimum absolute atomic E-state index is 0.259. The third-order valence-corrected chi connectivity index (χ3v) is 5.80. The van der Waals surface area contributed by atoms with Gasteiger partial charge in [-0.2, -0.15) is 11.8 Å². The first kappa shape index (κ1) is 21.6. The number of hydrogen-bond acceptors (Lipinski definition) is 3. The smallest absolute Gasteiger partial charge is 0.191 e. The van der Waals surface area contributed by atoms with Gasteiger partial charge in [0.15, 0.2) is 5.96 Å². The molecule has 0 radical (unpaired) electrons. The van der Waals surface area contributed by atoms with Crippen LogP contribution in [0.3, 0.4) is 0 Å². The average Bonchev–Trinajstić information content (AvgIpc) is 2.53. The van der Waals surface area contributed by atoms with Gasteiger partial charge >= 0.3 is 0 Å². The van der Waals surface area contributed by atoms with Gasteiger partial charge in [-0.15, -0.1) is 0 Å². The lowest BCUT2D eigenvalue weighted by molar-refractivity contribution is 0.245. The molecule has 4 nitrogen and oxygen atoms in total. The second kappa shape index (κ2) is 12.9. The van der Waals surface area contributed by atoms with Gasteiger partial charge in [-0.1, -0.05) is 27.2 Å². The summed E-state index contributed by atoms with van der Waals surface area (Å²) in [6.07, 6.45) is 7.14. The van der Waals surface area contributed by atoms with Crippen LogP contribution in [0, 0.1) is 11.8 Å². The highest BCUT2D eigenvalue weighted by Crippen LogP contribution is 2.28. The third-order valence-electron chi connectivity index (χ3n) is 4.56. The molecule has 3 unspecified atom stereocenters. The van der Waals surface area contributed by atoms with Gasteiger partial charge in [0.05, 0.1) is 0 Å². The summed E-state index contributed by atoms with van der Waals surface area (Å²) in [6.45, 7) is 10.8. The molecule has 0 spiro atoms. The molecule has 0 aromatic rings. The molecule has 0 aromatic heterocycles. The van der Waals surface area contributed by atoms with Crippen molar-refractivity contribution in [2.75, 3.05) is 25.4 Å². The molecule has 0 aliphatic heterocycles. The van der Waals surface area contributed by atoms with Gasteiger partial charge in [-0.25, -0.2) is 0 Å². The van der Waals surface area contributed by atoms with Crippen molar-refractivity contribution >= 4 is 17.7 Å². The fourth-order valence-electron chi connectivity index (χ4n) is 3.53. The van der Waals surface area contributed by atoms with Crippen molar-refractivity contribution < 1.29 is 5.11 Å². The Balaban J connectivity index is 2.57. The van der Waals surface area contributed by atoms with Crippen LogP contribution in [0.5, 0.6) is 0 Å². The first-order chi connectivity index (χ1) is 11.6. The van der Waals surface area contributed by atoms with Gasteiger partial charge in [0, 0.05) is 31.0 Å². The lowest BCUT2D eigenvalue weighted by Gasteiger charge is -2.30. The molecular weight excluding hydrogens is 318 g/mol. The second-order valence-corrected chi connectivity index (χ2v) is 8.89. The van der Waals surface area contributed by atoms with E-state index in [0.29, 0.717) is 17.9 Å². The molecule has 5 heteroatoms. The molecule has 3 atom stereocenters. The van der Waals surface area contributed by atoms with Gasteiger partial charge in [0.2, 0.25) is 0 Å². The van der Waals surface area contributed by atoms with Gasteiger partial charge in [-0.05, 0) is 56.6 Å². The number of aliphatic hydroxyl groups excluding tert-OH is 1. The van der Waals surface area contributed by atoms with Crippen LogP contribution >= 0.6 is 11.8 Å². The fraction of sp³-hybridized carbons (Fsp3) is 0.947. The topological polar surface area (TPSA) is 56.7 Å². The van der Waals surface area contributed by atoms with Crippen molar-refractivity contribution in [1.29, 1.82) is 0 Å². The van der Waals surface area contributed by atoms with Crippen molar-refractivity contribution in [3.63, 3.8) is 0 Å². The Kier molecular flexibility index (Phi) is 11.6. The molecule has 24 heavy (non-hydrogen) atoms. The van der Waals surface area contributed by atoms with E-state index in [1.165, 1.54) is 31.4 Å². The maximum Gasteiger partial charge on any atom is 0.191 e. The van der Waals surface area contributed by atoms with Crippen LogP contribution in [0.4, 0.5) is 0 Å². The summed E-state index contributed by atoms with van der Waals surface area (Å²) >= 11 is 2.10. The van der Waals surface area contributed by atoms with Gasteiger partial charge in [-0.3, -0.25) is 4.99 Å². The van der Waals surface area contributed by atoms with Crippen LogP contribution in [0.25, 0.3) is 0 Å². The van der Waals surface area contributed by atoms with Gasteiger partial charge in [0.25, 0.3) is 0 Å². The van der Waals surface area contributed by atoms with Crippen LogP contribution in [0.15, 0.2) is 4.99 Å². The van der Waals surface area contributed by atoms with Gasteiger partial charge < -0.3 is 15.7 Å². The number of aliphatic hydroxyl groups is 1. The third kappa shape index (κ3) is 9.16. The van der Waals surface area contributed by atoms with E-state index in [0.717, 1.165) is 37.1 Å². The largest absolute Gasteiger partial charge is 0.396 e. The zero-order valence-corrected chi connectivity index (χ0v) is 17.0. The summed E-state index contributed by atoms with van der Waals surface area (Å²) in [4.78, 5) is 4.83. The minimum atomic E-state index is 0.259. The Morgan fingerprint density at radius 1 is 1.29 bits per heavy atom. The minimum Gasteiger partial charge on any atom is -0.396 e. The molecule has 1 aliphatic carbocycles. The van der Waals surface area contributed by atoms with Crippen LogP contribution in [0.1, 0.15) is 66.2 Å². The van der Waals surface area contributed by atoms with Gasteiger partial charge in [0.1, 0.15) is 0 Å². The molecule has 0 heterocycles. The number of nitrogens with zero attached hydrogens (tertiary/aromatic N) is 1. The van der Waals surface area contributed by atoms with E-state index >= 15 is 0 Å². The first-order valence-electron chi connectivity index (χ1n) is 9.86. The quantitative estimate of drug-likeness (QED) is 0.413. The highest BCUT2D eigenvalue weighted by Gasteiger charge is 2.22. The standard InChI is InChI=1S/C19H39N3OS/c1-5-20-19(21-14-16(10-11-23)12-15(3)4)22-17-8-7-9-18(13-17)24-6-2/h15-18,23H,5-14H2,1-4H3,(H2,20,21,22). The van der Waals surface area contributed by atoms with E-state index in [1.54, 1.807) is 0 Å². The van der Waals surface area contributed by atoms with E-state index < -0.39 is 0 Å². The highest BCUT2D eigenvalue weighted by molar-refractivity contribution is 7.99. The van der Waals surface area contributed by atoms with E-state index in [-0.39, 0.29) is 6.61 Å².